The van der Waals surface area contributed by atoms with E-state index in [1.165, 1.54) is 5.56 Å². The van der Waals surface area contributed by atoms with Crippen molar-refractivity contribution in [2.75, 3.05) is 0 Å². The molecule has 0 saturated carbocycles. The Bertz CT molecular complexity index is 704. The molecule has 0 spiro atoms. The van der Waals surface area contributed by atoms with Crippen LogP contribution in [0.1, 0.15) is 5.56 Å². The summed E-state index contributed by atoms with van der Waals surface area (Å²) >= 11 is 1.15. The van der Waals surface area contributed by atoms with Crippen LogP contribution in [-0.2, 0) is 0 Å². The van der Waals surface area contributed by atoms with Crippen molar-refractivity contribution >= 4 is 11.9 Å². The second kappa shape index (κ2) is 5.48. The van der Waals surface area contributed by atoms with E-state index in [9.17, 15) is 0 Å². The second-order valence-corrected chi connectivity index (χ2v) is 5.12. The first kappa shape index (κ1) is 12.9. The molecule has 0 atom stereocenters. The standard InChI is InChI=1S/C15H14N4S/c1-10-2-4-12(5-3-10)14-13(15(20-16)19-18-14)11-6-8-17-9-7-11/h2-9H,16H2,1H3,(H,18,19). The summed E-state index contributed by atoms with van der Waals surface area (Å²) in [4.78, 5) is 4.06. The Hall–Kier alpha value is -2.11. The summed E-state index contributed by atoms with van der Waals surface area (Å²) in [5.41, 5.74) is 5.37. The van der Waals surface area contributed by atoms with Crippen molar-refractivity contribution in [1.29, 1.82) is 0 Å². The SMILES string of the molecule is Cc1ccc(-c2[nH]nc(SN)c2-c2ccncc2)cc1. The molecule has 100 valence electrons. The minimum Gasteiger partial charge on any atom is -0.276 e. The molecule has 2 heterocycles. The number of benzene rings is 1. The maximum Gasteiger partial charge on any atom is 0.141 e. The molecule has 3 aromatic rings. The van der Waals surface area contributed by atoms with Gasteiger partial charge in [0.25, 0.3) is 0 Å². The van der Waals surface area contributed by atoms with E-state index in [2.05, 4.69) is 46.4 Å². The highest BCUT2D eigenvalue weighted by Gasteiger charge is 2.16. The van der Waals surface area contributed by atoms with Gasteiger partial charge in [-0.1, -0.05) is 29.8 Å². The molecule has 0 aliphatic rings. The second-order valence-electron chi connectivity index (χ2n) is 4.50. The molecule has 1 aromatic carbocycles. The Morgan fingerprint density at radius 2 is 1.70 bits per heavy atom. The van der Waals surface area contributed by atoms with Crippen LogP contribution in [0.4, 0.5) is 0 Å². The Balaban J connectivity index is 2.17. The molecule has 2 aromatic heterocycles. The van der Waals surface area contributed by atoms with Crippen molar-refractivity contribution in [3.63, 3.8) is 0 Å². The van der Waals surface area contributed by atoms with Crippen molar-refractivity contribution in [3.05, 3.63) is 54.4 Å². The number of aromatic nitrogens is 3. The molecule has 5 heteroatoms. The van der Waals surface area contributed by atoms with Gasteiger partial charge in [0.2, 0.25) is 0 Å². The fourth-order valence-electron chi connectivity index (χ4n) is 2.13. The quantitative estimate of drug-likeness (QED) is 0.722. The normalized spacial score (nSPS) is 10.7. The summed E-state index contributed by atoms with van der Waals surface area (Å²) in [6.07, 6.45) is 3.54. The highest BCUT2D eigenvalue weighted by atomic mass is 32.2. The van der Waals surface area contributed by atoms with Crippen molar-refractivity contribution in [3.8, 4) is 22.4 Å². The minimum absolute atomic E-state index is 0.784. The maximum absolute atomic E-state index is 5.72. The van der Waals surface area contributed by atoms with Gasteiger partial charge in [-0.15, -0.1) is 0 Å². The van der Waals surface area contributed by atoms with E-state index in [0.29, 0.717) is 0 Å². The summed E-state index contributed by atoms with van der Waals surface area (Å²) in [5.74, 6) is 0. The van der Waals surface area contributed by atoms with Gasteiger partial charge < -0.3 is 0 Å². The third-order valence-corrected chi connectivity index (χ3v) is 3.67. The molecule has 0 aliphatic carbocycles. The molecule has 4 nitrogen and oxygen atoms in total. The van der Waals surface area contributed by atoms with Crippen LogP contribution in [0, 0.1) is 6.92 Å². The molecule has 0 unspecified atom stereocenters. The summed E-state index contributed by atoms with van der Waals surface area (Å²) in [6, 6.07) is 12.3. The third kappa shape index (κ3) is 2.33. The van der Waals surface area contributed by atoms with Gasteiger partial charge in [-0.25, -0.2) is 0 Å². The van der Waals surface area contributed by atoms with Gasteiger partial charge in [0.05, 0.1) is 5.69 Å². The number of aromatic amines is 1. The lowest BCUT2D eigenvalue weighted by molar-refractivity contribution is 1.01. The van der Waals surface area contributed by atoms with Crippen LogP contribution in [0.25, 0.3) is 22.4 Å². The number of nitrogens with zero attached hydrogens (tertiary/aromatic N) is 2. The van der Waals surface area contributed by atoms with E-state index in [-0.39, 0.29) is 0 Å². The van der Waals surface area contributed by atoms with E-state index in [1.54, 1.807) is 12.4 Å². The van der Waals surface area contributed by atoms with E-state index in [4.69, 9.17) is 5.14 Å². The monoisotopic (exact) mass is 282 g/mol. The van der Waals surface area contributed by atoms with Crippen molar-refractivity contribution in [2.24, 2.45) is 5.14 Å². The van der Waals surface area contributed by atoms with Crippen molar-refractivity contribution < 1.29 is 0 Å². The van der Waals surface area contributed by atoms with Gasteiger partial charge in [-0.3, -0.25) is 15.2 Å². The Labute approximate surface area is 121 Å². The molecule has 0 fully saturated rings. The van der Waals surface area contributed by atoms with E-state index in [1.807, 2.05) is 12.1 Å². The predicted octanol–water partition coefficient (Wildman–Crippen LogP) is 3.41. The largest absolute Gasteiger partial charge is 0.276 e. The average molecular weight is 282 g/mol. The zero-order chi connectivity index (χ0) is 13.9. The topological polar surface area (TPSA) is 67.6 Å². The number of hydrogen-bond donors (Lipinski definition) is 2. The number of pyridine rings is 1. The summed E-state index contributed by atoms with van der Waals surface area (Å²) in [7, 11) is 0. The van der Waals surface area contributed by atoms with Crippen molar-refractivity contribution in [1.82, 2.24) is 15.2 Å². The number of rotatable bonds is 3. The van der Waals surface area contributed by atoms with Gasteiger partial charge in [0.15, 0.2) is 0 Å². The smallest absolute Gasteiger partial charge is 0.141 e. The summed E-state index contributed by atoms with van der Waals surface area (Å²) in [5, 5.41) is 13.9. The van der Waals surface area contributed by atoms with Gasteiger partial charge in [-0.2, -0.15) is 5.10 Å². The lowest BCUT2D eigenvalue weighted by Crippen LogP contribution is -1.86. The first-order valence-corrected chi connectivity index (χ1v) is 7.10. The number of nitrogens with two attached hydrogens (primary N) is 1. The first-order valence-electron chi connectivity index (χ1n) is 6.22. The first-order chi connectivity index (χ1) is 9.79. The molecule has 3 N–H and O–H groups in total. The minimum atomic E-state index is 0.784. The highest BCUT2D eigenvalue weighted by Crippen LogP contribution is 2.36. The highest BCUT2D eigenvalue weighted by molar-refractivity contribution is 7.97. The number of H-pyrrole nitrogens is 1. The average Bonchev–Trinajstić information content (AvgIpc) is 2.93. The van der Waals surface area contributed by atoms with Gasteiger partial charge >= 0.3 is 0 Å². The van der Waals surface area contributed by atoms with Crippen molar-refractivity contribution in [2.45, 2.75) is 11.9 Å². The number of nitrogens with one attached hydrogen (secondary N) is 1. The van der Waals surface area contributed by atoms with E-state index >= 15 is 0 Å². The van der Waals surface area contributed by atoms with Gasteiger partial charge in [-0.05, 0) is 36.6 Å². The fraction of sp³-hybridized carbons (Fsp3) is 0.0667. The van der Waals surface area contributed by atoms with Crippen LogP contribution >= 0.6 is 11.9 Å². The molecule has 0 bridgehead atoms. The lowest BCUT2D eigenvalue weighted by Gasteiger charge is -2.05. The molecule has 0 radical (unpaired) electrons. The van der Waals surface area contributed by atoms with E-state index < -0.39 is 0 Å². The molecular weight excluding hydrogens is 268 g/mol. The Morgan fingerprint density at radius 1 is 1.00 bits per heavy atom. The van der Waals surface area contributed by atoms with Crippen LogP contribution in [-0.4, -0.2) is 15.2 Å². The number of aryl methyl sites for hydroxylation is 1. The van der Waals surface area contributed by atoms with Crippen LogP contribution < -0.4 is 5.14 Å². The molecular formula is C15H14N4S. The maximum atomic E-state index is 5.72. The van der Waals surface area contributed by atoms with Gasteiger partial charge in [0, 0.05) is 23.5 Å². The van der Waals surface area contributed by atoms with Crippen LogP contribution in [0.5, 0.6) is 0 Å². The molecule has 0 saturated heterocycles. The molecule has 20 heavy (non-hydrogen) atoms. The Morgan fingerprint density at radius 3 is 2.35 bits per heavy atom. The molecule has 0 amide bonds. The lowest BCUT2D eigenvalue weighted by atomic mass is 10.0. The molecule has 3 rings (SSSR count). The number of hydrogen-bond acceptors (Lipinski definition) is 4. The Kier molecular flexibility index (Phi) is 3.54. The third-order valence-electron chi connectivity index (χ3n) is 3.15. The molecule has 0 aliphatic heterocycles. The zero-order valence-corrected chi connectivity index (χ0v) is 11.8. The van der Waals surface area contributed by atoms with Gasteiger partial charge in [0.1, 0.15) is 5.03 Å². The predicted molar refractivity (Wildman–Crippen MR) is 82.0 cm³/mol. The van der Waals surface area contributed by atoms with Crippen LogP contribution in [0.3, 0.4) is 0 Å². The zero-order valence-electron chi connectivity index (χ0n) is 11.0. The summed E-state index contributed by atoms with van der Waals surface area (Å²) in [6.45, 7) is 2.07. The van der Waals surface area contributed by atoms with Crippen LogP contribution in [0.15, 0.2) is 53.8 Å². The van der Waals surface area contributed by atoms with Crippen LogP contribution in [0.2, 0.25) is 0 Å². The summed E-state index contributed by atoms with van der Waals surface area (Å²) < 4.78 is 0. The fourth-order valence-corrected chi connectivity index (χ4v) is 2.56. The van der Waals surface area contributed by atoms with E-state index in [0.717, 1.165) is 39.4 Å².